The number of carbonyl (C=O) groups excluding carboxylic acids is 1. The topological polar surface area (TPSA) is 131 Å². The fraction of sp³-hybridized carbons (Fsp3) is 0.500. The van der Waals surface area contributed by atoms with Gasteiger partial charge < -0.3 is 10.1 Å². The highest BCUT2D eigenvalue weighted by Gasteiger charge is 2.08. The summed E-state index contributed by atoms with van der Waals surface area (Å²) in [7, 11) is 0. The number of nitrogens with one attached hydrogen (secondary N) is 3. The molecule has 0 bridgehead atoms. The molecular weight excluding hydrogens is 254 g/mol. The minimum Gasteiger partial charge on any atom is -0.444 e. The van der Waals surface area contributed by atoms with Crippen molar-refractivity contribution in [3.8, 4) is 0 Å². The zero-order valence-electron chi connectivity index (χ0n) is 10.7. The molecule has 1 aromatic heterocycles. The molecule has 0 aliphatic rings. The molecule has 0 fully saturated rings. The molecule has 1 amide bonds. The number of aromatic amines is 1. The fourth-order valence-electron chi connectivity index (χ4n) is 1.29. The standard InChI is InChI=1S/C10H17N5O4/c1-6(2)13-10(18)19-4-7-3-15(5-12-11)9(17)14-8(7)16/h3,6,12H,4-5,11H2,1-2H3,(H,13,18)(H,14,16,17). The minimum atomic E-state index is -0.635. The van der Waals surface area contributed by atoms with E-state index >= 15 is 0 Å². The van der Waals surface area contributed by atoms with Crippen molar-refractivity contribution in [1.82, 2.24) is 20.3 Å². The Morgan fingerprint density at radius 1 is 1.53 bits per heavy atom. The van der Waals surface area contributed by atoms with E-state index < -0.39 is 17.3 Å². The molecule has 0 spiro atoms. The van der Waals surface area contributed by atoms with Crippen LogP contribution in [0.3, 0.4) is 0 Å². The number of hydrogen-bond donors (Lipinski definition) is 4. The number of H-pyrrole nitrogens is 1. The fourth-order valence-corrected chi connectivity index (χ4v) is 1.29. The lowest BCUT2D eigenvalue weighted by molar-refractivity contribution is 0.136. The van der Waals surface area contributed by atoms with Crippen LogP contribution in [0.5, 0.6) is 0 Å². The van der Waals surface area contributed by atoms with Crippen molar-refractivity contribution >= 4 is 6.09 Å². The van der Waals surface area contributed by atoms with Crippen LogP contribution < -0.4 is 27.8 Å². The van der Waals surface area contributed by atoms with E-state index in [4.69, 9.17) is 10.6 Å². The maximum absolute atomic E-state index is 11.5. The Labute approximate surface area is 108 Å². The van der Waals surface area contributed by atoms with Crippen LogP contribution in [0.1, 0.15) is 19.4 Å². The molecule has 0 saturated heterocycles. The van der Waals surface area contributed by atoms with Crippen molar-refractivity contribution in [2.24, 2.45) is 5.84 Å². The Kier molecular flexibility index (Phi) is 5.27. The largest absolute Gasteiger partial charge is 0.444 e. The first-order valence-electron chi connectivity index (χ1n) is 5.63. The van der Waals surface area contributed by atoms with Crippen LogP contribution in [0.25, 0.3) is 0 Å². The molecule has 0 atom stereocenters. The predicted octanol–water partition coefficient (Wildman–Crippen LogP) is -1.41. The van der Waals surface area contributed by atoms with E-state index in [0.717, 1.165) is 4.57 Å². The monoisotopic (exact) mass is 271 g/mol. The van der Waals surface area contributed by atoms with Gasteiger partial charge in [-0.3, -0.25) is 20.2 Å². The highest BCUT2D eigenvalue weighted by Crippen LogP contribution is 1.93. The Morgan fingerprint density at radius 2 is 2.21 bits per heavy atom. The summed E-state index contributed by atoms with van der Waals surface area (Å²) >= 11 is 0. The molecule has 0 saturated carbocycles. The van der Waals surface area contributed by atoms with Crippen molar-refractivity contribution in [1.29, 1.82) is 0 Å². The van der Waals surface area contributed by atoms with Gasteiger partial charge in [0, 0.05) is 12.2 Å². The number of alkyl carbamates (subject to hydrolysis) is 1. The van der Waals surface area contributed by atoms with Gasteiger partial charge in [0.15, 0.2) is 0 Å². The predicted molar refractivity (Wildman–Crippen MR) is 67.1 cm³/mol. The molecule has 9 heteroatoms. The first-order valence-corrected chi connectivity index (χ1v) is 5.63. The van der Waals surface area contributed by atoms with Gasteiger partial charge in [-0.05, 0) is 13.8 Å². The lowest BCUT2D eigenvalue weighted by atomic mass is 10.3. The Balaban J connectivity index is 2.78. The first kappa shape index (κ1) is 14.9. The number of hydrazine groups is 1. The number of hydrogen-bond acceptors (Lipinski definition) is 6. The van der Waals surface area contributed by atoms with Crippen LogP contribution >= 0.6 is 0 Å². The molecule has 5 N–H and O–H groups in total. The second-order valence-electron chi connectivity index (χ2n) is 4.12. The second kappa shape index (κ2) is 6.71. The molecule has 0 aromatic carbocycles. The van der Waals surface area contributed by atoms with Gasteiger partial charge in [0.05, 0.1) is 12.2 Å². The maximum Gasteiger partial charge on any atom is 0.407 e. The van der Waals surface area contributed by atoms with E-state index in [1.807, 2.05) is 0 Å². The zero-order chi connectivity index (χ0) is 14.4. The SMILES string of the molecule is CC(C)NC(=O)OCc1cn(CNN)c(=O)[nH]c1=O. The van der Waals surface area contributed by atoms with Crippen LogP contribution in [-0.4, -0.2) is 21.7 Å². The number of nitrogens with two attached hydrogens (primary N) is 1. The zero-order valence-corrected chi connectivity index (χ0v) is 10.7. The van der Waals surface area contributed by atoms with Gasteiger partial charge in [-0.25, -0.2) is 15.0 Å². The average Bonchev–Trinajstić information content (AvgIpc) is 2.30. The third-order valence-corrected chi connectivity index (χ3v) is 2.11. The number of ether oxygens (including phenoxy) is 1. The molecule has 19 heavy (non-hydrogen) atoms. The molecule has 0 aliphatic carbocycles. The van der Waals surface area contributed by atoms with Gasteiger partial charge in [-0.2, -0.15) is 0 Å². The summed E-state index contributed by atoms with van der Waals surface area (Å²) in [6, 6.07) is -0.0684. The summed E-state index contributed by atoms with van der Waals surface area (Å²) in [5, 5.41) is 2.51. The lowest BCUT2D eigenvalue weighted by Gasteiger charge is -2.10. The van der Waals surface area contributed by atoms with E-state index in [-0.39, 0.29) is 24.9 Å². The number of aromatic nitrogens is 2. The maximum atomic E-state index is 11.5. The Morgan fingerprint density at radius 3 is 2.79 bits per heavy atom. The molecule has 0 aliphatic heterocycles. The summed E-state index contributed by atoms with van der Waals surface area (Å²) in [5.74, 6) is 5.10. The van der Waals surface area contributed by atoms with Crippen LogP contribution in [0.2, 0.25) is 0 Å². The minimum absolute atomic E-state index is 0.0286. The van der Waals surface area contributed by atoms with E-state index in [9.17, 15) is 14.4 Å². The molecule has 1 heterocycles. The summed E-state index contributed by atoms with van der Waals surface area (Å²) in [4.78, 5) is 36.2. The molecular formula is C10H17N5O4. The molecule has 1 aromatic rings. The third kappa shape index (κ3) is 4.56. The van der Waals surface area contributed by atoms with Crippen molar-refractivity contribution < 1.29 is 9.53 Å². The molecule has 9 nitrogen and oxygen atoms in total. The van der Waals surface area contributed by atoms with Gasteiger partial charge >= 0.3 is 11.8 Å². The van der Waals surface area contributed by atoms with Crippen LogP contribution in [0.4, 0.5) is 4.79 Å². The second-order valence-corrected chi connectivity index (χ2v) is 4.12. The third-order valence-electron chi connectivity index (χ3n) is 2.11. The van der Waals surface area contributed by atoms with Gasteiger partial charge in [0.25, 0.3) is 5.56 Å². The number of carbonyl (C=O) groups is 1. The Bertz CT molecular complexity index is 548. The first-order chi connectivity index (χ1) is 8.93. The summed E-state index contributed by atoms with van der Waals surface area (Å²) in [5.41, 5.74) is 1.23. The smallest absolute Gasteiger partial charge is 0.407 e. The number of rotatable bonds is 5. The number of amides is 1. The Hall–Kier alpha value is -2.13. The van der Waals surface area contributed by atoms with E-state index in [0.29, 0.717) is 0 Å². The quantitative estimate of drug-likeness (QED) is 0.384. The van der Waals surface area contributed by atoms with Gasteiger partial charge in [-0.1, -0.05) is 0 Å². The van der Waals surface area contributed by atoms with Crippen LogP contribution in [0.15, 0.2) is 15.8 Å². The molecule has 106 valence electrons. The van der Waals surface area contributed by atoms with Gasteiger partial charge in [-0.15, -0.1) is 0 Å². The summed E-state index contributed by atoms with van der Waals surface area (Å²) < 4.78 is 6.01. The highest BCUT2D eigenvalue weighted by molar-refractivity contribution is 5.67. The molecule has 1 rings (SSSR count). The summed E-state index contributed by atoms with van der Waals surface area (Å²) in [6.45, 7) is 3.35. The van der Waals surface area contributed by atoms with Crippen molar-refractivity contribution in [2.45, 2.75) is 33.2 Å². The summed E-state index contributed by atoms with van der Waals surface area (Å²) in [6.07, 6.45) is 0.646. The molecule has 0 radical (unpaired) electrons. The van der Waals surface area contributed by atoms with Crippen LogP contribution in [0, 0.1) is 0 Å². The number of nitrogens with zero attached hydrogens (tertiary/aromatic N) is 1. The van der Waals surface area contributed by atoms with Crippen molar-refractivity contribution in [3.63, 3.8) is 0 Å². The normalized spacial score (nSPS) is 10.5. The van der Waals surface area contributed by atoms with Crippen molar-refractivity contribution in [3.05, 3.63) is 32.6 Å². The average molecular weight is 271 g/mol. The highest BCUT2D eigenvalue weighted by atomic mass is 16.5. The molecule has 0 unspecified atom stereocenters. The van der Waals surface area contributed by atoms with E-state index in [1.165, 1.54) is 6.20 Å². The van der Waals surface area contributed by atoms with E-state index in [2.05, 4.69) is 15.7 Å². The lowest BCUT2D eigenvalue weighted by Crippen LogP contribution is -2.38. The van der Waals surface area contributed by atoms with E-state index in [1.54, 1.807) is 13.8 Å². The van der Waals surface area contributed by atoms with Gasteiger partial charge in [0.1, 0.15) is 6.61 Å². The van der Waals surface area contributed by atoms with Crippen LogP contribution in [-0.2, 0) is 18.0 Å². The van der Waals surface area contributed by atoms with Gasteiger partial charge in [0.2, 0.25) is 0 Å². The van der Waals surface area contributed by atoms with Crippen molar-refractivity contribution in [2.75, 3.05) is 0 Å².